The van der Waals surface area contributed by atoms with E-state index in [2.05, 4.69) is 9.97 Å². The second-order valence-corrected chi connectivity index (χ2v) is 6.07. The number of piperidine rings is 1. The number of rotatable bonds is 3. The molecule has 0 atom stereocenters. The van der Waals surface area contributed by atoms with Crippen molar-refractivity contribution in [2.45, 2.75) is 18.8 Å². The van der Waals surface area contributed by atoms with Crippen LogP contribution in [0.1, 0.15) is 44.6 Å². The molecule has 2 aromatic rings. The van der Waals surface area contributed by atoms with Crippen molar-refractivity contribution in [2.24, 2.45) is 0 Å². The molecule has 0 radical (unpaired) electrons. The second-order valence-electron chi connectivity index (χ2n) is 5.18. The van der Waals surface area contributed by atoms with Gasteiger partial charge in [0.05, 0.1) is 10.6 Å². The molecule has 0 unspecified atom stereocenters. The number of carboxylic acids is 1. The van der Waals surface area contributed by atoms with Gasteiger partial charge in [0, 0.05) is 36.8 Å². The lowest BCUT2D eigenvalue weighted by Gasteiger charge is -2.31. The maximum absolute atomic E-state index is 12.3. The number of hydrogen-bond acceptors (Lipinski definition) is 5. The average Bonchev–Trinajstić information content (AvgIpc) is 3.05. The van der Waals surface area contributed by atoms with Crippen LogP contribution in [0.15, 0.2) is 29.9 Å². The lowest BCUT2D eigenvalue weighted by molar-refractivity contribution is 0.0690. The number of carboxylic acid groups (broad SMARTS) is 1. The highest BCUT2D eigenvalue weighted by Gasteiger charge is 2.26. The molecule has 1 fully saturated rings. The van der Waals surface area contributed by atoms with Crippen molar-refractivity contribution in [3.8, 4) is 0 Å². The Kier molecular flexibility index (Phi) is 4.15. The van der Waals surface area contributed by atoms with Crippen LogP contribution >= 0.6 is 11.3 Å². The summed E-state index contributed by atoms with van der Waals surface area (Å²) >= 11 is 1.39. The number of nitrogens with zero attached hydrogens (tertiary/aromatic N) is 3. The van der Waals surface area contributed by atoms with Crippen molar-refractivity contribution < 1.29 is 14.7 Å². The van der Waals surface area contributed by atoms with Crippen LogP contribution in [-0.4, -0.2) is 44.9 Å². The molecule has 1 amide bonds. The lowest BCUT2D eigenvalue weighted by atomic mass is 9.97. The SMILES string of the molecule is O=C(O)c1csc(C2CCN(C(=O)c3cccnc3)CC2)n1. The topological polar surface area (TPSA) is 83.4 Å². The van der Waals surface area contributed by atoms with Gasteiger partial charge >= 0.3 is 5.97 Å². The number of likely N-dealkylation sites (tertiary alicyclic amines) is 1. The third-order valence-electron chi connectivity index (χ3n) is 3.78. The lowest BCUT2D eigenvalue weighted by Crippen LogP contribution is -2.37. The van der Waals surface area contributed by atoms with Gasteiger partial charge in [-0.05, 0) is 25.0 Å². The predicted octanol–water partition coefficient (Wildman–Crippen LogP) is 2.26. The van der Waals surface area contributed by atoms with E-state index >= 15 is 0 Å². The normalized spacial score (nSPS) is 15.7. The van der Waals surface area contributed by atoms with Crippen LogP contribution in [0.25, 0.3) is 0 Å². The quantitative estimate of drug-likeness (QED) is 0.938. The molecule has 0 aliphatic carbocycles. The molecular weight excluding hydrogens is 302 g/mol. The Morgan fingerprint density at radius 1 is 1.32 bits per heavy atom. The van der Waals surface area contributed by atoms with Gasteiger partial charge in [0.2, 0.25) is 0 Å². The number of pyridine rings is 1. The van der Waals surface area contributed by atoms with Crippen LogP contribution < -0.4 is 0 Å². The Morgan fingerprint density at radius 2 is 2.09 bits per heavy atom. The van der Waals surface area contributed by atoms with E-state index in [4.69, 9.17) is 5.11 Å². The summed E-state index contributed by atoms with van der Waals surface area (Å²) in [6.07, 6.45) is 4.83. The Morgan fingerprint density at radius 3 is 2.68 bits per heavy atom. The van der Waals surface area contributed by atoms with Gasteiger partial charge in [-0.2, -0.15) is 0 Å². The fourth-order valence-corrected chi connectivity index (χ4v) is 3.54. The van der Waals surface area contributed by atoms with Gasteiger partial charge < -0.3 is 10.0 Å². The molecule has 0 bridgehead atoms. The summed E-state index contributed by atoms with van der Waals surface area (Å²) in [4.78, 5) is 33.2. The second kappa shape index (κ2) is 6.23. The molecule has 1 N–H and O–H groups in total. The van der Waals surface area contributed by atoms with Gasteiger partial charge in [-0.15, -0.1) is 11.3 Å². The van der Waals surface area contributed by atoms with Crippen molar-refractivity contribution in [1.82, 2.24) is 14.9 Å². The number of carbonyl (C=O) groups is 2. The number of hydrogen-bond donors (Lipinski definition) is 1. The molecule has 0 spiro atoms. The van der Waals surface area contributed by atoms with Gasteiger partial charge in [-0.1, -0.05) is 0 Å². The first-order valence-electron chi connectivity index (χ1n) is 7.03. The molecule has 7 heteroatoms. The first-order valence-corrected chi connectivity index (χ1v) is 7.91. The third-order valence-corrected chi connectivity index (χ3v) is 4.79. The Balaban J connectivity index is 1.62. The van der Waals surface area contributed by atoms with Crippen LogP contribution in [0, 0.1) is 0 Å². The Hall–Kier alpha value is -2.28. The molecule has 114 valence electrons. The van der Waals surface area contributed by atoms with Crippen molar-refractivity contribution in [3.63, 3.8) is 0 Å². The number of amides is 1. The summed E-state index contributed by atoms with van der Waals surface area (Å²) < 4.78 is 0. The maximum Gasteiger partial charge on any atom is 0.355 e. The minimum absolute atomic E-state index is 0.00286. The molecule has 0 saturated carbocycles. The molecule has 3 heterocycles. The fraction of sp³-hybridized carbons (Fsp3) is 0.333. The molecule has 22 heavy (non-hydrogen) atoms. The molecule has 1 aliphatic rings. The van der Waals surface area contributed by atoms with Gasteiger partial charge in [0.1, 0.15) is 0 Å². The molecular formula is C15H15N3O3S. The van der Waals surface area contributed by atoms with E-state index in [1.54, 1.807) is 29.9 Å². The highest BCUT2D eigenvalue weighted by atomic mass is 32.1. The molecule has 0 aromatic carbocycles. The smallest absolute Gasteiger partial charge is 0.355 e. The fourth-order valence-electron chi connectivity index (χ4n) is 2.57. The van der Waals surface area contributed by atoms with Crippen molar-refractivity contribution in [1.29, 1.82) is 0 Å². The number of aromatic nitrogens is 2. The van der Waals surface area contributed by atoms with Crippen molar-refractivity contribution in [3.05, 3.63) is 46.2 Å². The number of carbonyl (C=O) groups excluding carboxylic acids is 1. The van der Waals surface area contributed by atoms with Crippen LogP contribution in [0.2, 0.25) is 0 Å². The average molecular weight is 317 g/mol. The third kappa shape index (κ3) is 2.99. The molecule has 6 nitrogen and oxygen atoms in total. The van der Waals surface area contributed by atoms with E-state index in [0.29, 0.717) is 18.7 Å². The van der Waals surface area contributed by atoms with Gasteiger partial charge in [-0.3, -0.25) is 9.78 Å². The highest BCUT2D eigenvalue weighted by molar-refractivity contribution is 7.09. The molecule has 1 aliphatic heterocycles. The summed E-state index contributed by atoms with van der Waals surface area (Å²) in [5, 5.41) is 11.3. The number of thiazole rings is 1. The van der Waals surface area contributed by atoms with Gasteiger partial charge in [0.25, 0.3) is 5.91 Å². The zero-order valence-electron chi connectivity index (χ0n) is 11.8. The van der Waals surface area contributed by atoms with E-state index in [9.17, 15) is 9.59 Å². The predicted molar refractivity (Wildman–Crippen MR) is 81.2 cm³/mol. The standard InChI is InChI=1S/C15H15N3O3S/c19-14(11-2-1-5-16-8-11)18-6-3-10(4-7-18)13-17-12(9-22-13)15(20)21/h1-2,5,8-10H,3-4,6-7H2,(H,20,21). The van der Waals surface area contributed by atoms with E-state index in [1.807, 2.05) is 4.90 Å². The summed E-state index contributed by atoms with van der Waals surface area (Å²) in [5.74, 6) is -0.764. The van der Waals surface area contributed by atoms with Gasteiger partial charge in [-0.25, -0.2) is 9.78 Å². The van der Waals surface area contributed by atoms with Crippen LogP contribution in [0.3, 0.4) is 0 Å². The number of aromatic carboxylic acids is 1. The Labute approximate surface area is 131 Å². The zero-order valence-corrected chi connectivity index (χ0v) is 12.6. The first-order chi connectivity index (χ1) is 10.6. The van der Waals surface area contributed by atoms with Crippen LogP contribution in [0.5, 0.6) is 0 Å². The van der Waals surface area contributed by atoms with E-state index in [1.165, 1.54) is 11.3 Å². The van der Waals surface area contributed by atoms with Crippen molar-refractivity contribution in [2.75, 3.05) is 13.1 Å². The van der Waals surface area contributed by atoms with Crippen molar-refractivity contribution >= 4 is 23.2 Å². The summed E-state index contributed by atoms with van der Waals surface area (Å²) in [6.45, 7) is 1.31. The largest absolute Gasteiger partial charge is 0.476 e. The maximum atomic E-state index is 12.3. The van der Waals surface area contributed by atoms with Crippen LogP contribution in [0.4, 0.5) is 0 Å². The highest BCUT2D eigenvalue weighted by Crippen LogP contribution is 2.30. The van der Waals surface area contributed by atoms with Crippen LogP contribution in [-0.2, 0) is 0 Å². The minimum atomic E-state index is -0.994. The minimum Gasteiger partial charge on any atom is -0.476 e. The molecule has 3 rings (SSSR count). The zero-order chi connectivity index (χ0) is 15.5. The Bertz CT molecular complexity index is 678. The monoisotopic (exact) mass is 317 g/mol. The first kappa shape index (κ1) is 14.6. The van der Waals surface area contributed by atoms with Gasteiger partial charge in [0.15, 0.2) is 5.69 Å². The van der Waals surface area contributed by atoms with E-state index in [0.717, 1.165) is 17.8 Å². The van der Waals surface area contributed by atoms with E-state index in [-0.39, 0.29) is 17.5 Å². The molecule has 2 aromatic heterocycles. The molecule has 1 saturated heterocycles. The summed E-state index contributed by atoms with van der Waals surface area (Å²) in [6, 6.07) is 3.52. The summed E-state index contributed by atoms with van der Waals surface area (Å²) in [7, 11) is 0. The van der Waals surface area contributed by atoms with E-state index < -0.39 is 5.97 Å². The summed E-state index contributed by atoms with van der Waals surface area (Å²) in [5.41, 5.74) is 0.706.